The summed E-state index contributed by atoms with van der Waals surface area (Å²) in [5.41, 5.74) is 2.13. The molecule has 22 heteroatoms. The van der Waals surface area contributed by atoms with Crippen LogP contribution in [0.2, 0.25) is 0 Å². The van der Waals surface area contributed by atoms with Gasteiger partial charge in [-0.15, -0.1) is 29.9 Å². The summed E-state index contributed by atoms with van der Waals surface area (Å²) in [5, 5.41) is 39.3. The molecule has 2 saturated heterocycles. The lowest BCUT2D eigenvalue weighted by Crippen LogP contribution is -2.60. The third-order valence-electron chi connectivity index (χ3n) is 14.5. The van der Waals surface area contributed by atoms with Crippen LogP contribution >= 0.6 is 24.8 Å². The maximum absolute atomic E-state index is 14.7. The molecule has 20 nitrogen and oxygen atoms in total. The molecule has 0 radical (unpaired) electrons. The average molecular weight is 1080 g/mol. The van der Waals surface area contributed by atoms with Gasteiger partial charge in [-0.05, 0) is 81.1 Å². The lowest BCUT2D eigenvalue weighted by atomic mass is 9.85. The first kappa shape index (κ1) is 61.9. The molecule has 3 aromatic rings. The second-order valence-electron chi connectivity index (χ2n) is 22.0. The molecule has 0 spiro atoms. The van der Waals surface area contributed by atoms with Crippen LogP contribution in [0, 0.1) is 10.8 Å². The molecule has 0 bridgehead atoms. The van der Waals surface area contributed by atoms with Crippen molar-refractivity contribution in [1.29, 1.82) is 0 Å². The number of nitrogens with zero attached hydrogens (tertiary/aromatic N) is 5. The number of aliphatic hydroxyl groups excluding tert-OH is 1. The lowest BCUT2D eigenvalue weighted by Gasteiger charge is -2.36. The Labute approximate surface area is 453 Å². The molecule has 2 aromatic carbocycles. The van der Waals surface area contributed by atoms with Gasteiger partial charge < -0.3 is 52.1 Å². The summed E-state index contributed by atoms with van der Waals surface area (Å²) in [5.74, 6) is -2.83. The summed E-state index contributed by atoms with van der Waals surface area (Å²) in [7, 11) is 3.19. The average Bonchev–Trinajstić information content (AvgIpc) is 4.13. The zero-order valence-electron chi connectivity index (χ0n) is 45.0. The zero-order valence-corrected chi connectivity index (χ0v) is 46.6. The Bertz CT molecular complexity index is 2440. The van der Waals surface area contributed by atoms with Crippen LogP contribution in [0.4, 0.5) is 0 Å². The van der Waals surface area contributed by atoms with Crippen molar-refractivity contribution in [1.82, 2.24) is 62.0 Å². The predicted octanol–water partition coefficient (Wildman–Crippen LogP) is 2.60. The highest BCUT2D eigenvalue weighted by atomic mass is 35.5. The Morgan fingerprint density at radius 1 is 0.733 bits per heavy atom. The third kappa shape index (κ3) is 15.5. The number of halogens is 2. The fourth-order valence-electron chi connectivity index (χ4n) is 9.96. The van der Waals surface area contributed by atoms with Gasteiger partial charge >= 0.3 is 0 Å². The third-order valence-corrected chi connectivity index (χ3v) is 14.5. The molecule has 2 unspecified atom stereocenters. The van der Waals surface area contributed by atoms with Crippen molar-refractivity contribution < 1.29 is 38.7 Å². The van der Waals surface area contributed by atoms with Crippen LogP contribution < -0.4 is 37.2 Å². The van der Waals surface area contributed by atoms with Gasteiger partial charge in [0.15, 0.2) is 0 Å². The van der Waals surface area contributed by atoms with Crippen molar-refractivity contribution in [2.45, 2.75) is 161 Å². The van der Waals surface area contributed by atoms with E-state index in [-0.39, 0.29) is 99.3 Å². The number of carbonyl (C=O) groups is 7. The molecular weight excluding hydrogens is 1000 g/mol. The van der Waals surface area contributed by atoms with Crippen LogP contribution in [-0.2, 0) is 46.4 Å². The second kappa shape index (κ2) is 26.9. The van der Waals surface area contributed by atoms with E-state index in [1.165, 1.54) is 17.5 Å². The van der Waals surface area contributed by atoms with E-state index in [4.69, 9.17) is 0 Å². The molecule has 1 aliphatic carbocycles. The minimum atomic E-state index is -1.07. The van der Waals surface area contributed by atoms with Crippen LogP contribution in [0.15, 0.2) is 60.8 Å². The van der Waals surface area contributed by atoms with E-state index in [1.54, 1.807) is 50.5 Å². The van der Waals surface area contributed by atoms with Crippen LogP contribution in [0.1, 0.15) is 128 Å². The quantitative estimate of drug-likeness (QED) is 0.0862. The van der Waals surface area contributed by atoms with Crippen LogP contribution in [0.5, 0.6) is 0 Å². The fourth-order valence-corrected chi connectivity index (χ4v) is 9.96. The highest BCUT2D eigenvalue weighted by Crippen LogP contribution is 2.34. The molecular formula is C53H80Cl2N12O8. The number of likely N-dealkylation sites (N-methyl/N-ethyl adjacent to an activating group) is 2. The number of aryl methyl sites for hydroxylation is 2. The van der Waals surface area contributed by atoms with E-state index in [0.29, 0.717) is 5.69 Å². The normalized spacial score (nSPS) is 21.4. The van der Waals surface area contributed by atoms with Gasteiger partial charge in [0.25, 0.3) is 0 Å². The van der Waals surface area contributed by atoms with Gasteiger partial charge in [-0.3, -0.25) is 33.6 Å². The monoisotopic (exact) mass is 1080 g/mol. The first-order valence-electron chi connectivity index (χ1n) is 25.6. The summed E-state index contributed by atoms with van der Waals surface area (Å²) >= 11 is 0. The van der Waals surface area contributed by atoms with Crippen LogP contribution in [-0.4, -0.2) is 147 Å². The summed E-state index contributed by atoms with van der Waals surface area (Å²) < 4.78 is 1.63. The standard InChI is InChI=1S/C53H78N12O8.2ClH/c1-31(33-17-12-11-13-18-33)56-48(70)41-25-36(27-63(41)50(72)45(53(6,7)8)60-47(69)40(30-66)55-10)57-43(67)24-23-35-28-65(62-61-35)37-26-42(49(71)58-39-22-16-20-34-19-14-15-21-38(34)39)64(29-37)51(73)44(52(3,4)5)59-46(68)32(2)54-9;;/h11-15,17-19,21,28,31-32,36-37,39-42,44-45,54-55,66H,16,20,22-27,29-30H2,1-10H3,(H,56,70)(H,57,67)(H,58,71)(H,59,68)(H,60,69);2*1H/t31-,32+,36-,37+,39-,40+,41?,42+,44-,45?;;/m1../s1. The van der Waals surface area contributed by atoms with E-state index in [0.717, 1.165) is 30.4 Å². The van der Waals surface area contributed by atoms with Crippen molar-refractivity contribution in [3.8, 4) is 0 Å². The predicted molar refractivity (Wildman–Crippen MR) is 289 cm³/mol. The Morgan fingerprint density at radius 3 is 1.95 bits per heavy atom. The van der Waals surface area contributed by atoms with Gasteiger partial charge in [0, 0.05) is 44.6 Å². The first-order chi connectivity index (χ1) is 34.5. The van der Waals surface area contributed by atoms with Gasteiger partial charge in [-0.2, -0.15) is 0 Å². The van der Waals surface area contributed by atoms with Gasteiger partial charge in [0.1, 0.15) is 30.2 Å². The molecule has 3 aliphatic rings. The molecule has 7 amide bonds. The first-order valence-corrected chi connectivity index (χ1v) is 25.6. The van der Waals surface area contributed by atoms with Gasteiger partial charge in [-0.25, -0.2) is 4.68 Å². The largest absolute Gasteiger partial charge is 0.394 e. The molecule has 0 saturated carbocycles. The number of hydrogen-bond donors (Lipinski definition) is 8. The van der Waals surface area contributed by atoms with Crippen molar-refractivity contribution in [3.63, 3.8) is 0 Å². The van der Waals surface area contributed by atoms with Crippen molar-refractivity contribution in [2.75, 3.05) is 33.8 Å². The molecule has 6 rings (SSSR count). The topological polar surface area (TPSA) is 261 Å². The molecule has 3 heterocycles. The van der Waals surface area contributed by atoms with Crippen molar-refractivity contribution in [2.24, 2.45) is 10.8 Å². The summed E-state index contributed by atoms with van der Waals surface area (Å²) in [6.45, 7) is 14.2. The number of likely N-dealkylation sites (tertiary alicyclic amines) is 2. The second-order valence-corrected chi connectivity index (χ2v) is 22.0. The minimum Gasteiger partial charge on any atom is -0.394 e. The maximum atomic E-state index is 14.7. The number of fused-ring (bicyclic) bond motifs is 1. The van der Waals surface area contributed by atoms with Crippen molar-refractivity contribution in [3.05, 3.63) is 83.2 Å². The zero-order chi connectivity index (χ0) is 53.4. The Balaban J connectivity index is 0.00000608. The van der Waals surface area contributed by atoms with Crippen LogP contribution in [0.25, 0.3) is 0 Å². The molecule has 1 aromatic heterocycles. The Hall–Kier alpha value is -5.67. The molecule has 2 aliphatic heterocycles. The summed E-state index contributed by atoms with van der Waals surface area (Å²) in [4.78, 5) is 101. The SMILES string of the molecule is CN[C@@H](C)C(=O)N[C@H](C(=O)N1C[C@@H](n2cc(CCC(=O)N[C@@H]3CC(C(=O)N[C@H](C)c4ccccc4)N(C(=O)C(NC(=O)[C@H](CO)NC)C(C)(C)C)C3)nn2)C[C@H]1C(=O)N[C@@H]1CCCc2ccccc21)C(C)(C)C.Cl.Cl. The Kier molecular flexibility index (Phi) is 22.2. The molecule has 8 N–H and O–H groups in total. The van der Waals surface area contributed by atoms with Gasteiger partial charge in [0.05, 0.1) is 36.5 Å². The maximum Gasteiger partial charge on any atom is 0.246 e. The van der Waals surface area contributed by atoms with E-state index in [1.807, 2.05) is 76.2 Å². The van der Waals surface area contributed by atoms with Crippen LogP contribution in [0.3, 0.4) is 0 Å². The number of carbonyl (C=O) groups excluding carboxylic acids is 7. The molecule has 10 atom stereocenters. The summed E-state index contributed by atoms with van der Waals surface area (Å²) in [6.07, 6.45) is 4.86. The smallest absolute Gasteiger partial charge is 0.246 e. The van der Waals surface area contributed by atoms with Gasteiger partial charge in [0.2, 0.25) is 41.4 Å². The number of benzene rings is 2. The van der Waals surface area contributed by atoms with E-state index >= 15 is 0 Å². The lowest BCUT2D eigenvalue weighted by molar-refractivity contribution is -0.144. The Morgan fingerprint density at radius 2 is 1.33 bits per heavy atom. The highest BCUT2D eigenvalue weighted by Gasteiger charge is 2.48. The number of aliphatic hydroxyl groups is 1. The number of nitrogens with one attached hydrogen (secondary N) is 7. The summed E-state index contributed by atoms with van der Waals surface area (Å²) in [6, 6.07) is 10.4. The minimum absolute atomic E-state index is 0. The fraction of sp³-hybridized carbons (Fsp3) is 0.604. The molecule has 414 valence electrons. The van der Waals surface area contributed by atoms with E-state index in [2.05, 4.69) is 53.6 Å². The number of amides is 7. The molecule has 75 heavy (non-hydrogen) atoms. The number of hydrogen-bond acceptors (Lipinski definition) is 12. The number of aromatic nitrogens is 3. The van der Waals surface area contributed by atoms with E-state index < -0.39 is 83.5 Å². The number of rotatable bonds is 19. The van der Waals surface area contributed by atoms with Gasteiger partial charge in [-0.1, -0.05) is 101 Å². The van der Waals surface area contributed by atoms with E-state index in [9.17, 15) is 38.7 Å². The molecule has 2 fully saturated rings. The van der Waals surface area contributed by atoms with Crippen molar-refractivity contribution >= 4 is 66.2 Å². The highest BCUT2D eigenvalue weighted by molar-refractivity contribution is 5.95.